The molecule has 1 N–H and O–H groups in total. The normalized spacial score (nSPS) is 10.5. The van der Waals surface area contributed by atoms with Crippen LogP contribution in [0, 0.1) is 0 Å². The summed E-state index contributed by atoms with van der Waals surface area (Å²) >= 11 is 0. The highest BCUT2D eigenvalue weighted by molar-refractivity contribution is 5.60. The predicted molar refractivity (Wildman–Crippen MR) is 59.4 cm³/mol. The summed E-state index contributed by atoms with van der Waals surface area (Å²) < 4.78 is 1.98. The second-order valence-electron chi connectivity index (χ2n) is 3.49. The molecule has 0 saturated heterocycles. The van der Waals surface area contributed by atoms with Gasteiger partial charge in [-0.2, -0.15) is 0 Å². The molecule has 0 radical (unpaired) electrons. The quantitative estimate of drug-likeness (QED) is 0.821. The Morgan fingerprint density at radius 1 is 1.33 bits per heavy atom. The highest BCUT2D eigenvalue weighted by Gasteiger charge is 2.07. The lowest BCUT2D eigenvalue weighted by Gasteiger charge is -2.07. The predicted octanol–water partition coefficient (Wildman–Crippen LogP) is 1.62. The molecule has 1 heterocycles. The molecule has 15 heavy (non-hydrogen) atoms. The van der Waals surface area contributed by atoms with Crippen LogP contribution in [-0.4, -0.2) is 21.3 Å². The van der Waals surface area contributed by atoms with Gasteiger partial charge in [0.2, 0.25) is 0 Å². The van der Waals surface area contributed by atoms with E-state index in [4.69, 9.17) is 5.11 Å². The lowest BCUT2D eigenvalue weighted by atomic mass is 10.0. The van der Waals surface area contributed by atoms with Crippen LogP contribution in [0.25, 0.3) is 11.4 Å². The molecule has 78 valence electrons. The number of imidazole rings is 1. The monoisotopic (exact) mass is 202 g/mol. The van der Waals surface area contributed by atoms with Crippen LogP contribution in [-0.2, 0) is 13.5 Å². The average Bonchev–Trinajstić information content (AvgIpc) is 2.66. The Kier molecular flexibility index (Phi) is 2.83. The molecule has 0 aliphatic rings. The largest absolute Gasteiger partial charge is 0.396 e. The smallest absolute Gasteiger partial charge is 0.139 e. The number of hydrogen-bond donors (Lipinski definition) is 1. The highest BCUT2D eigenvalue weighted by Crippen LogP contribution is 2.21. The molecule has 0 unspecified atom stereocenters. The van der Waals surface area contributed by atoms with E-state index in [1.807, 2.05) is 42.1 Å². The van der Waals surface area contributed by atoms with E-state index in [2.05, 4.69) is 4.98 Å². The van der Waals surface area contributed by atoms with Gasteiger partial charge in [0.05, 0.1) is 0 Å². The molecule has 2 rings (SSSR count). The van der Waals surface area contributed by atoms with Crippen molar-refractivity contribution >= 4 is 0 Å². The van der Waals surface area contributed by atoms with E-state index in [9.17, 15) is 0 Å². The summed E-state index contributed by atoms with van der Waals surface area (Å²) in [6.07, 6.45) is 4.37. The van der Waals surface area contributed by atoms with Gasteiger partial charge in [0, 0.05) is 31.6 Å². The Balaban J connectivity index is 2.48. The van der Waals surface area contributed by atoms with Crippen LogP contribution in [0.3, 0.4) is 0 Å². The number of aromatic nitrogens is 2. The first kappa shape index (κ1) is 9.93. The van der Waals surface area contributed by atoms with Crippen molar-refractivity contribution in [2.24, 2.45) is 7.05 Å². The van der Waals surface area contributed by atoms with Crippen LogP contribution in [0.5, 0.6) is 0 Å². The summed E-state index contributed by atoms with van der Waals surface area (Å²) in [6, 6.07) is 8.04. The van der Waals surface area contributed by atoms with Crippen molar-refractivity contribution in [3.8, 4) is 11.4 Å². The lowest BCUT2D eigenvalue weighted by Crippen LogP contribution is -1.98. The molecule has 0 spiro atoms. The number of nitrogens with zero attached hydrogens (tertiary/aromatic N) is 2. The molecule has 0 fully saturated rings. The summed E-state index contributed by atoms with van der Waals surface area (Å²) in [5, 5.41) is 8.98. The van der Waals surface area contributed by atoms with Crippen LogP contribution < -0.4 is 0 Å². The molecule has 3 nitrogen and oxygen atoms in total. The molecule has 0 bridgehead atoms. The standard InChI is InChI=1S/C12H14N2O/c1-14-8-7-13-12(14)11-5-3-2-4-10(11)6-9-15/h2-5,7-8,15H,6,9H2,1H3. The van der Waals surface area contributed by atoms with Gasteiger partial charge in [-0.15, -0.1) is 0 Å². The Labute approximate surface area is 89.0 Å². The minimum atomic E-state index is 0.168. The molecule has 0 amide bonds. The second-order valence-corrected chi connectivity index (χ2v) is 3.49. The maximum atomic E-state index is 8.98. The van der Waals surface area contributed by atoms with Crippen molar-refractivity contribution in [3.63, 3.8) is 0 Å². The molecule has 1 aromatic heterocycles. The van der Waals surface area contributed by atoms with E-state index >= 15 is 0 Å². The fraction of sp³-hybridized carbons (Fsp3) is 0.250. The van der Waals surface area contributed by atoms with Crippen molar-refractivity contribution in [3.05, 3.63) is 42.2 Å². The van der Waals surface area contributed by atoms with Crippen LogP contribution >= 0.6 is 0 Å². The molecular weight excluding hydrogens is 188 g/mol. The first-order valence-electron chi connectivity index (χ1n) is 4.99. The van der Waals surface area contributed by atoms with Gasteiger partial charge in [0.15, 0.2) is 0 Å². The summed E-state index contributed by atoms with van der Waals surface area (Å²) in [6.45, 7) is 0.168. The molecule has 0 aliphatic carbocycles. The summed E-state index contributed by atoms with van der Waals surface area (Å²) in [4.78, 5) is 4.31. The van der Waals surface area contributed by atoms with Gasteiger partial charge in [0.25, 0.3) is 0 Å². The summed E-state index contributed by atoms with van der Waals surface area (Å²) in [7, 11) is 1.97. The number of aliphatic hydroxyl groups is 1. The first-order valence-corrected chi connectivity index (χ1v) is 4.99. The number of rotatable bonds is 3. The Morgan fingerprint density at radius 2 is 2.13 bits per heavy atom. The number of benzene rings is 1. The molecule has 2 aromatic rings. The third-order valence-corrected chi connectivity index (χ3v) is 2.46. The molecule has 0 atom stereocenters. The zero-order valence-corrected chi connectivity index (χ0v) is 8.72. The maximum absolute atomic E-state index is 8.98. The minimum Gasteiger partial charge on any atom is -0.396 e. The van der Waals surface area contributed by atoms with Crippen molar-refractivity contribution < 1.29 is 5.11 Å². The fourth-order valence-electron chi connectivity index (χ4n) is 1.70. The van der Waals surface area contributed by atoms with E-state index in [0.29, 0.717) is 6.42 Å². The van der Waals surface area contributed by atoms with Gasteiger partial charge in [-0.1, -0.05) is 24.3 Å². The Bertz CT molecular complexity index is 448. The van der Waals surface area contributed by atoms with Gasteiger partial charge in [-0.05, 0) is 12.0 Å². The van der Waals surface area contributed by atoms with Crippen molar-refractivity contribution in [2.75, 3.05) is 6.61 Å². The van der Waals surface area contributed by atoms with Gasteiger partial charge < -0.3 is 9.67 Å². The molecule has 3 heteroatoms. The third kappa shape index (κ3) is 1.92. The van der Waals surface area contributed by atoms with Crippen LogP contribution in [0.15, 0.2) is 36.7 Å². The van der Waals surface area contributed by atoms with Crippen molar-refractivity contribution in [1.82, 2.24) is 9.55 Å². The lowest BCUT2D eigenvalue weighted by molar-refractivity contribution is 0.300. The van der Waals surface area contributed by atoms with E-state index in [1.54, 1.807) is 6.20 Å². The van der Waals surface area contributed by atoms with Gasteiger partial charge in [-0.25, -0.2) is 4.98 Å². The second kappa shape index (κ2) is 4.28. The SMILES string of the molecule is Cn1ccnc1-c1ccccc1CCO. The van der Waals surface area contributed by atoms with E-state index in [-0.39, 0.29) is 6.61 Å². The van der Waals surface area contributed by atoms with Gasteiger partial charge in [-0.3, -0.25) is 0 Å². The minimum absolute atomic E-state index is 0.168. The number of aryl methyl sites for hydroxylation is 1. The van der Waals surface area contributed by atoms with Gasteiger partial charge in [0.1, 0.15) is 5.82 Å². The Hall–Kier alpha value is -1.61. The third-order valence-electron chi connectivity index (χ3n) is 2.46. The summed E-state index contributed by atoms with van der Waals surface area (Å²) in [5.41, 5.74) is 2.23. The average molecular weight is 202 g/mol. The highest BCUT2D eigenvalue weighted by atomic mass is 16.2. The van der Waals surface area contributed by atoms with E-state index in [1.165, 1.54) is 0 Å². The number of hydrogen-bond acceptors (Lipinski definition) is 2. The summed E-state index contributed by atoms with van der Waals surface area (Å²) in [5.74, 6) is 0.944. The van der Waals surface area contributed by atoms with Crippen LogP contribution in [0.1, 0.15) is 5.56 Å². The zero-order valence-electron chi connectivity index (χ0n) is 8.72. The van der Waals surface area contributed by atoms with Crippen LogP contribution in [0.4, 0.5) is 0 Å². The van der Waals surface area contributed by atoms with E-state index in [0.717, 1.165) is 17.0 Å². The zero-order chi connectivity index (χ0) is 10.7. The Morgan fingerprint density at radius 3 is 2.80 bits per heavy atom. The maximum Gasteiger partial charge on any atom is 0.139 e. The van der Waals surface area contributed by atoms with Crippen molar-refractivity contribution in [1.29, 1.82) is 0 Å². The van der Waals surface area contributed by atoms with Gasteiger partial charge >= 0.3 is 0 Å². The molecule has 0 saturated carbocycles. The topological polar surface area (TPSA) is 38.0 Å². The molecular formula is C12H14N2O. The van der Waals surface area contributed by atoms with E-state index < -0.39 is 0 Å². The van der Waals surface area contributed by atoms with Crippen molar-refractivity contribution in [2.45, 2.75) is 6.42 Å². The fourth-order valence-corrected chi connectivity index (χ4v) is 1.70. The molecule has 0 aliphatic heterocycles. The van der Waals surface area contributed by atoms with Crippen LogP contribution in [0.2, 0.25) is 0 Å². The molecule has 1 aromatic carbocycles. The number of aliphatic hydroxyl groups excluding tert-OH is 1. The first-order chi connectivity index (χ1) is 7.33.